The molecule has 1 aliphatic rings. The minimum Gasteiger partial charge on any atom is -0.384 e. The lowest BCUT2D eigenvalue weighted by Crippen LogP contribution is -2.47. The topological polar surface area (TPSA) is 74.3 Å². The van der Waals surface area contributed by atoms with Crippen molar-refractivity contribution < 1.29 is 22.8 Å². The van der Waals surface area contributed by atoms with Crippen LogP contribution in [0.25, 0.3) is 0 Å². The van der Waals surface area contributed by atoms with E-state index in [0.717, 1.165) is 22.8 Å². The molecule has 0 atom stereocenters. The fourth-order valence-corrected chi connectivity index (χ4v) is 4.49. The fraction of sp³-hybridized carbons (Fsp3) is 0.174. The van der Waals surface area contributed by atoms with Crippen LogP contribution in [0, 0.1) is 0 Å². The number of aromatic nitrogens is 1. The van der Waals surface area contributed by atoms with E-state index in [0.29, 0.717) is 24.2 Å². The zero-order valence-electron chi connectivity index (χ0n) is 17.4. The minimum atomic E-state index is -4.65. The number of fused-ring (bicyclic) bond motifs is 1. The van der Waals surface area contributed by atoms with Gasteiger partial charge in [0.1, 0.15) is 0 Å². The molecule has 0 saturated heterocycles. The van der Waals surface area contributed by atoms with E-state index in [1.165, 1.54) is 24.7 Å². The number of anilines is 2. The van der Waals surface area contributed by atoms with Gasteiger partial charge in [0, 0.05) is 29.5 Å². The molecule has 2 N–H and O–H groups in total. The van der Waals surface area contributed by atoms with Crippen LogP contribution in [0.15, 0.2) is 65.8 Å². The Hall–Kier alpha value is -3.53. The van der Waals surface area contributed by atoms with Crippen molar-refractivity contribution in [2.24, 2.45) is 0 Å². The molecule has 1 aliphatic heterocycles. The Bertz CT molecular complexity index is 1190. The summed E-state index contributed by atoms with van der Waals surface area (Å²) in [6, 6.07) is 12.4. The van der Waals surface area contributed by atoms with E-state index in [1.807, 2.05) is 0 Å². The summed E-state index contributed by atoms with van der Waals surface area (Å²) >= 11 is 0.853. The van der Waals surface area contributed by atoms with E-state index in [1.54, 1.807) is 36.4 Å². The number of pyridine rings is 1. The van der Waals surface area contributed by atoms with Gasteiger partial charge in [-0.15, -0.1) is 11.8 Å². The van der Waals surface area contributed by atoms with Crippen LogP contribution in [0.3, 0.4) is 0 Å². The molecule has 0 bridgehead atoms. The van der Waals surface area contributed by atoms with Gasteiger partial charge in [-0.1, -0.05) is 18.2 Å². The third-order valence-corrected chi connectivity index (χ3v) is 5.99. The smallest absolute Gasteiger partial charge is 0.384 e. The second kappa shape index (κ2) is 9.14. The molecule has 0 saturated carbocycles. The number of amides is 2. The van der Waals surface area contributed by atoms with Crippen LogP contribution in [0.2, 0.25) is 0 Å². The molecule has 2 heterocycles. The van der Waals surface area contributed by atoms with Crippen LogP contribution in [-0.2, 0) is 12.6 Å². The Morgan fingerprint density at radius 3 is 2.55 bits per heavy atom. The van der Waals surface area contributed by atoms with Gasteiger partial charge < -0.3 is 5.32 Å². The summed E-state index contributed by atoms with van der Waals surface area (Å²) in [6.07, 6.45) is 0.0739. The number of benzene rings is 2. The van der Waals surface area contributed by atoms with Crippen molar-refractivity contribution in [1.82, 2.24) is 10.4 Å². The fourth-order valence-electron chi connectivity index (χ4n) is 3.68. The lowest BCUT2D eigenvalue weighted by Gasteiger charge is -2.26. The molecule has 4 rings (SSSR count). The molecule has 6 nitrogen and oxygen atoms in total. The first-order valence-electron chi connectivity index (χ1n) is 9.96. The van der Waals surface area contributed by atoms with Crippen molar-refractivity contribution in [2.45, 2.75) is 17.5 Å². The molecule has 0 fully saturated rings. The molecule has 0 aliphatic carbocycles. The summed E-state index contributed by atoms with van der Waals surface area (Å²) in [5.41, 5.74) is 2.85. The van der Waals surface area contributed by atoms with Crippen LogP contribution in [0.1, 0.15) is 31.8 Å². The van der Waals surface area contributed by atoms with E-state index in [-0.39, 0.29) is 21.7 Å². The first kappa shape index (κ1) is 22.7. The number of thioether (sulfide) groups is 1. The summed E-state index contributed by atoms with van der Waals surface area (Å²) in [5, 5.41) is 3.92. The maximum atomic E-state index is 13.9. The highest BCUT2D eigenvalue weighted by atomic mass is 32.2. The highest BCUT2D eigenvalue weighted by Gasteiger charge is 2.39. The van der Waals surface area contributed by atoms with Crippen molar-refractivity contribution in [3.63, 3.8) is 0 Å². The van der Waals surface area contributed by atoms with E-state index in [9.17, 15) is 22.8 Å². The zero-order valence-corrected chi connectivity index (χ0v) is 18.3. The summed E-state index contributed by atoms with van der Waals surface area (Å²) in [6.45, 7) is 0.415. The molecular weight excluding hydrogens is 453 g/mol. The van der Waals surface area contributed by atoms with Crippen molar-refractivity contribution in [2.75, 3.05) is 23.1 Å². The van der Waals surface area contributed by atoms with Crippen LogP contribution < -0.4 is 15.8 Å². The van der Waals surface area contributed by atoms with Gasteiger partial charge in [-0.05, 0) is 48.6 Å². The lowest BCUT2D eigenvalue weighted by atomic mass is 9.99. The van der Waals surface area contributed by atoms with Crippen molar-refractivity contribution >= 4 is 35.0 Å². The number of carbonyl (C=O) groups excluding carboxylic acids is 2. The number of carbonyl (C=O) groups is 2. The van der Waals surface area contributed by atoms with Crippen LogP contribution >= 0.6 is 11.8 Å². The van der Waals surface area contributed by atoms with Gasteiger partial charge in [0.15, 0.2) is 0 Å². The molecule has 0 spiro atoms. The standard InChI is InChI=1S/C23H19F3N4O2S/c1-33-20-17(23(24,25)26)12-18-16(9-11-28-18)19(20)22(32)30(15-7-3-2-4-8-15)29-21(31)14-6-5-10-27-13-14/h2-8,10,12-13,28H,9,11H2,1H3,(H,29,31). The van der Waals surface area contributed by atoms with Gasteiger partial charge in [0.25, 0.3) is 11.8 Å². The van der Waals surface area contributed by atoms with Gasteiger partial charge in [0.05, 0.1) is 22.4 Å². The first-order valence-corrected chi connectivity index (χ1v) is 11.2. The average Bonchev–Trinajstić information content (AvgIpc) is 3.29. The molecule has 170 valence electrons. The Kier molecular flexibility index (Phi) is 6.28. The van der Waals surface area contributed by atoms with E-state index < -0.39 is 23.6 Å². The molecule has 33 heavy (non-hydrogen) atoms. The molecular formula is C23H19F3N4O2S. The number of hydrazine groups is 1. The predicted octanol–water partition coefficient (Wildman–Crippen LogP) is 4.78. The number of hydrogen-bond donors (Lipinski definition) is 2. The predicted molar refractivity (Wildman–Crippen MR) is 120 cm³/mol. The van der Waals surface area contributed by atoms with Crippen molar-refractivity contribution in [3.8, 4) is 0 Å². The SMILES string of the molecule is CSc1c(C(F)(F)F)cc2c(c1C(=O)N(NC(=O)c1cccnc1)c1ccccc1)CCN2. The van der Waals surface area contributed by atoms with Gasteiger partial charge in [-0.2, -0.15) is 13.2 Å². The largest absolute Gasteiger partial charge is 0.417 e. The summed E-state index contributed by atoms with van der Waals surface area (Å²) < 4.78 is 41.6. The first-order chi connectivity index (χ1) is 15.8. The molecule has 10 heteroatoms. The Morgan fingerprint density at radius 2 is 1.91 bits per heavy atom. The number of halogens is 3. The van der Waals surface area contributed by atoms with E-state index in [2.05, 4.69) is 15.7 Å². The molecule has 2 amide bonds. The average molecular weight is 472 g/mol. The number of nitrogens with zero attached hydrogens (tertiary/aromatic N) is 2. The van der Waals surface area contributed by atoms with Crippen molar-refractivity contribution in [3.05, 3.63) is 83.2 Å². The second-order valence-corrected chi connectivity index (χ2v) is 8.01. The monoisotopic (exact) mass is 472 g/mol. The number of rotatable bonds is 4. The molecule has 0 unspecified atom stereocenters. The number of alkyl halides is 3. The quantitative estimate of drug-likeness (QED) is 0.422. The van der Waals surface area contributed by atoms with Gasteiger partial charge in [0.2, 0.25) is 0 Å². The Morgan fingerprint density at radius 1 is 1.15 bits per heavy atom. The van der Waals surface area contributed by atoms with Gasteiger partial charge in [-0.3, -0.25) is 20.0 Å². The zero-order chi connectivity index (χ0) is 23.6. The molecule has 1 aromatic heterocycles. The van der Waals surface area contributed by atoms with Crippen molar-refractivity contribution in [1.29, 1.82) is 0 Å². The van der Waals surface area contributed by atoms with Gasteiger partial charge >= 0.3 is 6.18 Å². The van der Waals surface area contributed by atoms with Crippen LogP contribution in [0.4, 0.5) is 24.5 Å². The summed E-state index contributed by atoms with van der Waals surface area (Å²) in [4.78, 5) is 30.4. The third-order valence-electron chi connectivity index (χ3n) is 5.16. The highest BCUT2D eigenvalue weighted by molar-refractivity contribution is 7.98. The number of hydrogen-bond acceptors (Lipinski definition) is 5. The highest BCUT2D eigenvalue weighted by Crippen LogP contribution is 2.43. The Labute approximate surface area is 192 Å². The molecule has 3 aromatic rings. The second-order valence-electron chi connectivity index (χ2n) is 7.19. The third kappa shape index (κ3) is 4.51. The minimum absolute atomic E-state index is 0.0762. The summed E-state index contributed by atoms with van der Waals surface area (Å²) in [5.74, 6) is -1.37. The lowest BCUT2D eigenvalue weighted by molar-refractivity contribution is -0.139. The molecule has 0 radical (unpaired) electrons. The normalized spacial score (nSPS) is 12.6. The van der Waals surface area contributed by atoms with Crippen LogP contribution in [0.5, 0.6) is 0 Å². The van der Waals surface area contributed by atoms with Crippen LogP contribution in [-0.4, -0.2) is 29.6 Å². The van der Waals surface area contributed by atoms with Gasteiger partial charge in [-0.25, -0.2) is 5.01 Å². The maximum Gasteiger partial charge on any atom is 0.417 e. The number of nitrogens with one attached hydrogen (secondary N) is 2. The molecule has 2 aromatic carbocycles. The Balaban J connectivity index is 1.85. The summed E-state index contributed by atoms with van der Waals surface area (Å²) in [7, 11) is 0. The van der Waals surface area contributed by atoms with E-state index in [4.69, 9.17) is 0 Å². The maximum absolute atomic E-state index is 13.9. The van der Waals surface area contributed by atoms with E-state index >= 15 is 0 Å². The number of para-hydroxylation sites is 1.